The molecule has 0 unspecified atom stereocenters. The number of nitrogens with one attached hydrogen (secondary N) is 1. The molecule has 7 heteroatoms. The highest BCUT2D eigenvalue weighted by Gasteiger charge is 2.19. The van der Waals surface area contributed by atoms with Gasteiger partial charge in [-0.3, -0.25) is 9.69 Å². The quantitative estimate of drug-likeness (QED) is 0.683. The molecule has 0 saturated carbocycles. The molecular weight excluding hydrogens is 372 g/mol. The maximum atomic E-state index is 12.5. The van der Waals surface area contributed by atoms with Crippen LogP contribution in [0.3, 0.4) is 0 Å². The molecule has 1 fully saturated rings. The Balaban J connectivity index is 1.70. The third kappa shape index (κ3) is 5.58. The highest BCUT2D eigenvalue weighted by Crippen LogP contribution is 2.31. The molecule has 2 aromatic rings. The van der Waals surface area contributed by atoms with Gasteiger partial charge >= 0.3 is 5.63 Å². The standard InChI is InChI=1S/C22H30N2O5/c1-4-5-17-14-20(25)29-19-13-15(2)12-18(21(17)19)28-16(3)22(26)23-6-7-24-8-10-27-11-9-24/h12-14,16H,4-11H2,1-3H3,(H,23,26)/t16-/m1/s1. The van der Waals surface area contributed by atoms with Crippen molar-refractivity contribution in [2.24, 2.45) is 0 Å². The Bertz CT molecular complexity index is 902. The second kappa shape index (κ2) is 9.89. The zero-order valence-electron chi connectivity index (χ0n) is 17.5. The number of amides is 1. The molecule has 1 aromatic carbocycles. The van der Waals surface area contributed by atoms with Gasteiger partial charge in [-0.1, -0.05) is 13.3 Å². The minimum absolute atomic E-state index is 0.164. The van der Waals surface area contributed by atoms with Crippen molar-refractivity contribution in [1.82, 2.24) is 10.2 Å². The van der Waals surface area contributed by atoms with Gasteiger partial charge in [-0.05, 0) is 43.5 Å². The molecular formula is C22H30N2O5. The van der Waals surface area contributed by atoms with Gasteiger partial charge < -0.3 is 19.2 Å². The molecule has 0 radical (unpaired) electrons. The number of fused-ring (bicyclic) bond motifs is 1. The van der Waals surface area contributed by atoms with Gasteiger partial charge in [0.1, 0.15) is 11.3 Å². The van der Waals surface area contributed by atoms with Crippen molar-refractivity contribution >= 4 is 16.9 Å². The van der Waals surface area contributed by atoms with Crippen molar-refractivity contribution in [1.29, 1.82) is 0 Å². The summed E-state index contributed by atoms with van der Waals surface area (Å²) >= 11 is 0. The van der Waals surface area contributed by atoms with Gasteiger partial charge in [-0.15, -0.1) is 0 Å². The largest absolute Gasteiger partial charge is 0.480 e. The van der Waals surface area contributed by atoms with E-state index in [2.05, 4.69) is 17.1 Å². The number of ether oxygens (including phenoxy) is 2. The van der Waals surface area contributed by atoms with Gasteiger partial charge in [0, 0.05) is 32.2 Å². The molecule has 7 nitrogen and oxygen atoms in total. The van der Waals surface area contributed by atoms with Crippen molar-refractivity contribution in [3.63, 3.8) is 0 Å². The number of benzene rings is 1. The van der Waals surface area contributed by atoms with Crippen LogP contribution in [0.5, 0.6) is 5.75 Å². The normalized spacial score (nSPS) is 16.0. The maximum absolute atomic E-state index is 12.5. The topological polar surface area (TPSA) is 81.0 Å². The Morgan fingerprint density at radius 1 is 1.28 bits per heavy atom. The van der Waals surface area contributed by atoms with E-state index in [-0.39, 0.29) is 11.5 Å². The summed E-state index contributed by atoms with van der Waals surface area (Å²) in [5.74, 6) is 0.408. The number of aryl methyl sites for hydroxylation is 2. The van der Waals surface area contributed by atoms with Gasteiger partial charge in [-0.25, -0.2) is 4.79 Å². The van der Waals surface area contributed by atoms with Crippen LogP contribution in [0.25, 0.3) is 11.0 Å². The molecule has 0 spiro atoms. The Kier molecular flexibility index (Phi) is 7.28. The van der Waals surface area contributed by atoms with Gasteiger partial charge in [-0.2, -0.15) is 0 Å². The molecule has 1 saturated heterocycles. The smallest absolute Gasteiger partial charge is 0.336 e. The first kappa shape index (κ1) is 21.3. The van der Waals surface area contributed by atoms with Crippen molar-refractivity contribution in [2.75, 3.05) is 39.4 Å². The van der Waals surface area contributed by atoms with Crippen LogP contribution in [0.15, 0.2) is 27.4 Å². The number of nitrogens with zero attached hydrogens (tertiary/aromatic N) is 1. The summed E-state index contributed by atoms with van der Waals surface area (Å²) in [6.07, 6.45) is 0.969. The van der Waals surface area contributed by atoms with Gasteiger partial charge in [0.25, 0.3) is 5.91 Å². The van der Waals surface area contributed by atoms with Gasteiger partial charge in [0.05, 0.1) is 18.6 Å². The number of rotatable bonds is 8. The average molecular weight is 402 g/mol. The SMILES string of the molecule is CCCc1cc(=O)oc2cc(C)cc(O[C@H](C)C(=O)NCCN3CCOCC3)c12. The molecule has 2 heterocycles. The second-order valence-corrected chi connectivity index (χ2v) is 7.48. The molecule has 1 atom stereocenters. The lowest BCUT2D eigenvalue weighted by Crippen LogP contribution is -2.43. The van der Waals surface area contributed by atoms with Crippen LogP contribution in [0, 0.1) is 6.92 Å². The van der Waals surface area contributed by atoms with E-state index < -0.39 is 6.10 Å². The second-order valence-electron chi connectivity index (χ2n) is 7.48. The predicted octanol–water partition coefficient (Wildman–Crippen LogP) is 2.27. The zero-order valence-corrected chi connectivity index (χ0v) is 17.5. The Morgan fingerprint density at radius 2 is 2.03 bits per heavy atom. The summed E-state index contributed by atoms with van der Waals surface area (Å²) in [7, 11) is 0. The van der Waals surface area contributed by atoms with E-state index in [1.54, 1.807) is 6.92 Å². The summed E-state index contributed by atoms with van der Waals surface area (Å²) in [6, 6.07) is 5.23. The average Bonchev–Trinajstić information content (AvgIpc) is 2.68. The number of carbonyl (C=O) groups is 1. The molecule has 1 amide bonds. The number of morpholine rings is 1. The fraction of sp³-hybridized carbons (Fsp3) is 0.545. The molecule has 158 valence electrons. The van der Waals surface area contributed by atoms with E-state index >= 15 is 0 Å². The summed E-state index contributed by atoms with van der Waals surface area (Å²) in [5.41, 5.74) is 1.92. The maximum Gasteiger partial charge on any atom is 0.336 e. The summed E-state index contributed by atoms with van der Waals surface area (Å²) in [6.45, 7) is 10.3. The first-order valence-electron chi connectivity index (χ1n) is 10.3. The van der Waals surface area contributed by atoms with Crippen LogP contribution in [0.2, 0.25) is 0 Å². The van der Waals surface area contributed by atoms with Gasteiger partial charge in [0.2, 0.25) is 0 Å². The van der Waals surface area contributed by atoms with Crippen molar-refractivity contribution in [3.8, 4) is 5.75 Å². The van der Waals surface area contributed by atoms with Crippen molar-refractivity contribution in [3.05, 3.63) is 39.7 Å². The Morgan fingerprint density at radius 3 is 2.76 bits per heavy atom. The molecule has 0 bridgehead atoms. The lowest BCUT2D eigenvalue weighted by atomic mass is 10.0. The lowest BCUT2D eigenvalue weighted by Gasteiger charge is -2.26. The van der Waals surface area contributed by atoms with Crippen LogP contribution in [0.4, 0.5) is 0 Å². The molecule has 1 aromatic heterocycles. The molecule has 1 N–H and O–H groups in total. The van der Waals surface area contributed by atoms with Crippen LogP contribution in [0.1, 0.15) is 31.4 Å². The number of hydrogen-bond acceptors (Lipinski definition) is 6. The summed E-state index contributed by atoms with van der Waals surface area (Å²) < 4.78 is 16.8. The third-order valence-corrected chi connectivity index (χ3v) is 5.06. The Hall–Kier alpha value is -2.38. The first-order chi connectivity index (χ1) is 14.0. The van der Waals surface area contributed by atoms with Gasteiger partial charge in [0.15, 0.2) is 6.10 Å². The van der Waals surface area contributed by atoms with E-state index in [4.69, 9.17) is 13.9 Å². The van der Waals surface area contributed by atoms with Crippen molar-refractivity contribution < 1.29 is 18.7 Å². The zero-order chi connectivity index (χ0) is 20.8. The van der Waals surface area contributed by atoms with E-state index in [1.807, 2.05) is 19.1 Å². The van der Waals surface area contributed by atoms with Crippen molar-refractivity contribution in [2.45, 2.75) is 39.7 Å². The van der Waals surface area contributed by atoms with Crippen LogP contribution >= 0.6 is 0 Å². The van der Waals surface area contributed by atoms with Crippen LogP contribution in [-0.2, 0) is 16.0 Å². The van der Waals surface area contributed by atoms with Crippen LogP contribution in [-0.4, -0.2) is 56.3 Å². The van der Waals surface area contributed by atoms with E-state index in [1.165, 1.54) is 6.07 Å². The van der Waals surface area contributed by atoms with Crippen LogP contribution < -0.4 is 15.7 Å². The van der Waals surface area contributed by atoms with E-state index in [0.717, 1.165) is 62.2 Å². The van der Waals surface area contributed by atoms with E-state index in [9.17, 15) is 9.59 Å². The molecule has 1 aliphatic heterocycles. The lowest BCUT2D eigenvalue weighted by molar-refractivity contribution is -0.127. The molecule has 3 rings (SSSR count). The highest BCUT2D eigenvalue weighted by molar-refractivity contribution is 5.88. The first-order valence-corrected chi connectivity index (χ1v) is 10.3. The predicted molar refractivity (Wildman–Crippen MR) is 112 cm³/mol. The van der Waals surface area contributed by atoms with E-state index in [0.29, 0.717) is 17.9 Å². The monoisotopic (exact) mass is 402 g/mol. The third-order valence-electron chi connectivity index (χ3n) is 5.06. The number of hydrogen-bond donors (Lipinski definition) is 1. The molecule has 29 heavy (non-hydrogen) atoms. The number of carbonyl (C=O) groups excluding carboxylic acids is 1. The Labute approximate surface area is 171 Å². The summed E-state index contributed by atoms with van der Waals surface area (Å²) in [5, 5.41) is 3.71. The molecule has 0 aliphatic carbocycles. The molecule has 1 aliphatic rings. The minimum atomic E-state index is -0.661. The summed E-state index contributed by atoms with van der Waals surface area (Å²) in [4.78, 5) is 26.7. The minimum Gasteiger partial charge on any atom is -0.480 e. The fourth-order valence-electron chi connectivity index (χ4n) is 3.58. The fourth-order valence-corrected chi connectivity index (χ4v) is 3.58. The highest BCUT2D eigenvalue weighted by atomic mass is 16.5.